The van der Waals surface area contributed by atoms with Gasteiger partial charge in [0.2, 0.25) is 0 Å². The van der Waals surface area contributed by atoms with E-state index in [2.05, 4.69) is 10.6 Å². The van der Waals surface area contributed by atoms with Gasteiger partial charge >= 0.3 is 5.63 Å². The zero-order valence-corrected chi connectivity index (χ0v) is 16.2. The summed E-state index contributed by atoms with van der Waals surface area (Å²) in [5, 5.41) is 6.06. The lowest BCUT2D eigenvalue weighted by Crippen LogP contribution is -2.31. The number of amides is 1. The Bertz CT molecular complexity index is 840. The molecule has 5 nitrogen and oxygen atoms in total. The summed E-state index contributed by atoms with van der Waals surface area (Å²) in [5.74, 6) is 0.462. The number of carbonyl (C=O) groups is 1. The number of benzene rings is 1. The lowest BCUT2D eigenvalue weighted by molar-refractivity contribution is 0.0952. The molecule has 1 saturated heterocycles. The van der Waals surface area contributed by atoms with Gasteiger partial charge in [-0.1, -0.05) is 42.5 Å². The first kappa shape index (κ1) is 20.9. The topological polar surface area (TPSA) is 71.3 Å². The lowest BCUT2D eigenvalue weighted by Gasteiger charge is -2.22. The molecule has 2 heterocycles. The number of rotatable bonds is 5. The summed E-state index contributed by atoms with van der Waals surface area (Å²) in [7, 11) is 0. The van der Waals surface area contributed by atoms with Crippen molar-refractivity contribution in [2.75, 3.05) is 19.6 Å². The summed E-state index contributed by atoms with van der Waals surface area (Å²) in [6, 6.07) is 11.7. The third-order valence-corrected chi connectivity index (χ3v) is 4.58. The number of carbonyl (C=O) groups excluding carboxylic acids is 1. The minimum Gasteiger partial charge on any atom is -0.427 e. The zero-order valence-electron chi connectivity index (χ0n) is 15.4. The number of piperidine rings is 1. The summed E-state index contributed by atoms with van der Waals surface area (Å²) in [6.45, 7) is 3.93. The molecule has 1 unspecified atom stereocenters. The van der Waals surface area contributed by atoms with Crippen LogP contribution in [0.4, 0.5) is 0 Å². The molecule has 2 aromatic rings. The van der Waals surface area contributed by atoms with Crippen LogP contribution in [0.5, 0.6) is 0 Å². The van der Waals surface area contributed by atoms with Crippen LogP contribution in [0.1, 0.15) is 46.0 Å². The fraction of sp³-hybridized carbons (Fsp3) is 0.333. The van der Waals surface area contributed by atoms with Gasteiger partial charge in [-0.15, -0.1) is 12.4 Å². The highest BCUT2D eigenvalue weighted by atomic mass is 35.5. The molecule has 2 N–H and O–H groups in total. The molecule has 1 atom stereocenters. The molecule has 0 bridgehead atoms. The van der Waals surface area contributed by atoms with Crippen molar-refractivity contribution in [1.29, 1.82) is 0 Å². The Kier molecular flexibility index (Phi) is 7.82. The van der Waals surface area contributed by atoms with E-state index in [1.165, 1.54) is 0 Å². The van der Waals surface area contributed by atoms with Gasteiger partial charge in [0.1, 0.15) is 11.3 Å². The van der Waals surface area contributed by atoms with Gasteiger partial charge in [-0.05, 0) is 43.5 Å². The van der Waals surface area contributed by atoms with E-state index in [1.54, 1.807) is 6.92 Å². The molecule has 0 spiro atoms. The first-order valence-electron chi connectivity index (χ1n) is 9.00. The quantitative estimate of drug-likeness (QED) is 0.824. The molecule has 27 heavy (non-hydrogen) atoms. The molecular weight excluding hydrogens is 364 g/mol. The number of hydrogen-bond acceptors (Lipinski definition) is 4. The van der Waals surface area contributed by atoms with Gasteiger partial charge in [-0.25, -0.2) is 4.79 Å². The van der Waals surface area contributed by atoms with E-state index in [9.17, 15) is 9.59 Å². The third-order valence-electron chi connectivity index (χ3n) is 4.58. The van der Waals surface area contributed by atoms with E-state index in [0.717, 1.165) is 31.5 Å². The second-order valence-electron chi connectivity index (χ2n) is 6.56. The van der Waals surface area contributed by atoms with Crippen LogP contribution < -0.4 is 16.3 Å². The molecule has 1 amide bonds. The van der Waals surface area contributed by atoms with Crippen LogP contribution in [0.25, 0.3) is 6.08 Å². The van der Waals surface area contributed by atoms with Crippen molar-refractivity contribution < 1.29 is 9.21 Å². The fourth-order valence-corrected chi connectivity index (χ4v) is 3.20. The van der Waals surface area contributed by atoms with Crippen molar-refractivity contribution in [3.8, 4) is 0 Å². The Morgan fingerprint density at radius 3 is 2.78 bits per heavy atom. The zero-order chi connectivity index (χ0) is 18.4. The average molecular weight is 389 g/mol. The van der Waals surface area contributed by atoms with Gasteiger partial charge in [0, 0.05) is 19.0 Å². The Hall–Kier alpha value is -2.37. The van der Waals surface area contributed by atoms with Crippen molar-refractivity contribution in [3.05, 3.63) is 75.3 Å². The standard InChI is InChI=1S/C21H24N2O3.ClH/c1-15-13-18(17-10-6-11-22-14-17)26-21(25)19(15)20(24)23-12-5-9-16-7-3-2-4-8-16;/h2-5,7-9,13,17,22H,6,10-12,14H2,1H3,(H,23,24);1H/b9-5+;. The first-order chi connectivity index (χ1) is 12.6. The largest absolute Gasteiger partial charge is 0.427 e. The van der Waals surface area contributed by atoms with Crippen LogP contribution in [0.15, 0.2) is 51.7 Å². The van der Waals surface area contributed by atoms with E-state index in [4.69, 9.17) is 4.42 Å². The highest BCUT2D eigenvalue weighted by Crippen LogP contribution is 2.23. The molecule has 144 valence electrons. The van der Waals surface area contributed by atoms with Crippen LogP contribution in [0.2, 0.25) is 0 Å². The Morgan fingerprint density at radius 1 is 1.33 bits per heavy atom. The summed E-state index contributed by atoms with van der Waals surface area (Å²) in [4.78, 5) is 24.7. The smallest absolute Gasteiger partial charge is 0.349 e. The highest BCUT2D eigenvalue weighted by Gasteiger charge is 2.22. The van der Waals surface area contributed by atoms with Crippen LogP contribution in [-0.2, 0) is 0 Å². The molecule has 1 aromatic heterocycles. The predicted octanol–water partition coefficient (Wildman–Crippen LogP) is 3.28. The van der Waals surface area contributed by atoms with E-state index in [0.29, 0.717) is 17.9 Å². The Morgan fingerprint density at radius 2 is 2.11 bits per heavy atom. The monoisotopic (exact) mass is 388 g/mol. The SMILES string of the molecule is Cc1cc(C2CCCNC2)oc(=O)c1C(=O)NC/C=C/c1ccccc1.Cl. The number of halogens is 1. The maximum absolute atomic E-state index is 12.4. The predicted molar refractivity (Wildman–Crippen MR) is 110 cm³/mol. The summed E-state index contributed by atoms with van der Waals surface area (Å²) >= 11 is 0. The van der Waals surface area contributed by atoms with Crippen LogP contribution in [0, 0.1) is 6.92 Å². The molecule has 3 rings (SSSR count). The average Bonchev–Trinajstić information content (AvgIpc) is 2.66. The Labute approximate surface area is 165 Å². The molecule has 1 aliphatic heterocycles. The fourth-order valence-electron chi connectivity index (χ4n) is 3.20. The minimum atomic E-state index is -0.560. The van der Waals surface area contributed by atoms with Crippen LogP contribution in [-0.4, -0.2) is 25.5 Å². The second-order valence-corrected chi connectivity index (χ2v) is 6.56. The van der Waals surface area contributed by atoms with Gasteiger partial charge in [0.25, 0.3) is 5.91 Å². The number of aryl methyl sites for hydroxylation is 1. The molecule has 1 fully saturated rings. The van der Waals surface area contributed by atoms with Crippen molar-refractivity contribution in [3.63, 3.8) is 0 Å². The summed E-state index contributed by atoms with van der Waals surface area (Å²) < 4.78 is 5.45. The number of nitrogens with one attached hydrogen (secondary N) is 2. The molecule has 0 aliphatic carbocycles. The lowest BCUT2D eigenvalue weighted by atomic mass is 9.95. The highest BCUT2D eigenvalue weighted by molar-refractivity contribution is 5.95. The van der Waals surface area contributed by atoms with Gasteiger partial charge in [0.15, 0.2) is 0 Å². The van der Waals surface area contributed by atoms with E-state index >= 15 is 0 Å². The molecule has 0 radical (unpaired) electrons. The summed E-state index contributed by atoms with van der Waals surface area (Å²) in [6.07, 6.45) is 5.83. The van der Waals surface area contributed by atoms with Crippen molar-refractivity contribution in [1.82, 2.24) is 10.6 Å². The van der Waals surface area contributed by atoms with Gasteiger partial charge in [-0.3, -0.25) is 4.79 Å². The van der Waals surface area contributed by atoms with E-state index in [1.807, 2.05) is 48.6 Å². The van der Waals surface area contributed by atoms with Crippen molar-refractivity contribution in [2.24, 2.45) is 0 Å². The maximum atomic E-state index is 12.4. The second kappa shape index (κ2) is 10.1. The third kappa shape index (κ3) is 5.55. The molecule has 1 aromatic carbocycles. The van der Waals surface area contributed by atoms with Crippen LogP contribution in [0.3, 0.4) is 0 Å². The van der Waals surface area contributed by atoms with Crippen molar-refractivity contribution >= 4 is 24.4 Å². The molecule has 6 heteroatoms. The van der Waals surface area contributed by atoms with Gasteiger partial charge < -0.3 is 15.1 Å². The van der Waals surface area contributed by atoms with Gasteiger partial charge in [0.05, 0.1) is 0 Å². The van der Waals surface area contributed by atoms with Gasteiger partial charge in [-0.2, -0.15) is 0 Å². The molecular formula is C21H25ClN2O3. The molecule has 1 aliphatic rings. The minimum absolute atomic E-state index is 0. The Balaban J connectivity index is 0.00000261. The summed E-state index contributed by atoms with van der Waals surface area (Å²) in [5.41, 5.74) is 1.25. The van der Waals surface area contributed by atoms with E-state index in [-0.39, 0.29) is 23.9 Å². The van der Waals surface area contributed by atoms with E-state index < -0.39 is 11.5 Å². The maximum Gasteiger partial charge on any atom is 0.349 e. The first-order valence-corrected chi connectivity index (χ1v) is 9.00. The normalized spacial score (nSPS) is 16.7. The number of hydrogen-bond donors (Lipinski definition) is 2. The van der Waals surface area contributed by atoms with Crippen molar-refractivity contribution in [2.45, 2.75) is 25.7 Å². The molecule has 0 saturated carbocycles. The van der Waals surface area contributed by atoms with Crippen LogP contribution >= 0.6 is 12.4 Å².